The molecular formula is C52H32N4O. The van der Waals surface area contributed by atoms with Crippen molar-refractivity contribution in [2.45, 2.75) is 5.92 Å². The second-order valence-corrected chi connectivity index (χ2v) is 14.8. The van der Waals surface area contributed by atoms with Crippen molar-refractivity contribution in [3.63, 3.8) is 0 Å². The third-order valence-corrected chi connectivity index (χ3v) is 11.5. The fourth-order valence-corrected chi connectivity index (χ4v) is 8.92. The van der Waals surface area contributed by atoms with Crippen molar-refractivity contribution in [1.29, 1.82) is 0 Å². The molecule has 0 aliphatic heterocycles. The first-order chi connectivity index (χ1) is 28.2. The summed E-state index contributed by atoms with van der Waals surface area (Å²) in [7, 11) is 0. The standard InChI is InChI=1S/C52H32N4O/c1-3-13-33(14-4-1)50-53-51(34-15-5-2-6-16-34)55-52(54-50)35-25-23-32(24-26-35)49-40-20-8-7-17-37(40)41-31-46-42(30-44(41)49)38-18-9-11-21-45(38)56(46)36-27-28-48-43(29-36)39-19-10-12-22-47(39)57-48/h1-31,49H. The van der Waals surface area contributed by atoms with E-state index < -0.39 is 0 Å². The van der Waals surface area contributed by atoms with Crippen LogP contribution in [-0.2, 0) is 0 Å². The van der Waals surface area contributed by atoms with Gasteiger partial charge in [-0.1, -0.05) is 146 Å². The van der Waals surface area contributed by atoms with Crippen LogP contribution < -0.4 is 0 Å². The molecule has 5 heteroatoms. The van der Waals surface area contributed by atoms with Crippen molar-refractivity contribution in [3.05, 3.63) is 205 Å². The fourth-order valence-electron chi connectivity index (χ4n) is 8.92. The minimum absolute atomic E-state index is 0.0727. The van der Waals surface area contributed by atoms with E-state index in [-0.39, 0.29) is 5.92 Å². The number of fused-ring (bicyclic) bond motifs is 9. The monoisotopic (exact) mass is 728 g/mol. The molecule has 0 saturated heterocycles. The zero-order valence-electron chi connectivity index (χ0n) is 30.7. The summed E-state index contributed by atoms with van der Waals surface area (Å²) in [6, 6.07) is 66.4. The summed E-state index contributed by atoms with van der Waals surface area (Å²) in [6.45, 7) is 0. The minimum atomic E-state index is 0.0727. The Bertz CT molecular complexity index is 3290. The van der Waals surface area contributed by atoms with Crippen LogP contribution in [0.4, 0.5) is 0 Å². The van der Waals surface area contributed by atoms with Crippen LogP contribution in [0.25, 0.3) is 94.7 Å². The third-order valence-electron chi connectivity index (χ3n) is 11.5. The minimum Gasteiger partial charge on any atom is -0.456 e. The summed E-state index contributed by atoms with van der Waals surface area (Å²) in [5.74, 6) is 2.04. The summed E-state index contributed by atoms with van der Waals surface area (Å²) < 4.78 is 8.63. The molecule has 266 valence electrons. The average molecular weight is 729 g/mol. The lowest BCUT2D eigenvalue weighted by molar-refractivity contribution is 0.669. The molecule has 0 radical (unpaired) electrons. The van der Waals surface area contributed by atoms with Gasteiger partial charge in [0.2, 0.25) is 0 Å². The number of nitrogens with zero attached hydrogens (tertiary/aromatic N) is 4. The zero-order valence-corrected chi connectivity index (χ0v) is 30.7. The Labute approximate surface area is 328 Å². The molecule has 0 amide bonds. The molecule has 1 atom stereocenters. The lowest BCUT2D eigenvalue weighted by atomic mass is 9.88. The molecule has 0 bridgehead atoms. The Hall–Kier alpha value is -7.63. The largest absolute Gasteiger partial charge is 0.456 e. The van der Waals surface area contributed by atoms with E-state index in [9.17, 15) is 0 Å². The van der Waals surface area contributed by atoms with Crippen LogP contribution in [0, 0.1) is 0 Å². The molecule has 1 aliphatic carbocycles. The average Bonchev–Trinajstić information content (AvgIpc) is 3.93. The SMILES string of the molecule is c1ccc(-c2nc(-c3ccccc3)nc(-c3ccc(C4c5ccccc5-c5cc6c(cc54)c4ccccc4n6-c4ccc5oc6ccccc6c5c4)cc3)n2)cc1. The van der Waals surface area contributed by atoms with Gasteiger partial charge < -0.3 is 8.98 Å². The van der Waals surface area contributed by atoms with E-state index in [1.54, 1.807) is 0 Å². The van der Waals surface area contributed by atoms with Gasteiger partial charge in [0, 0.05) is 49.8 Å². The Morgan fingerprint density at radius 3 is 1.72 bits per heavy atom. The molecular weight excluding hydrogens is 697 g/mol. The molecule has 57 heavy (non-hydrogen) atoms. The quantitative estimate of drug-likeness (QED) is 0.177. The lowest BCUT2D eigenvalue weighted by Crippen LogP contribution is -2.01. The first kappa shape index (κ1) is 31.7. The third kappa shape index (κ3) is 4.99. The summed E-state index contributed by atoms with van der Waals surface area (Å²) in [5, 5.41) is 4.72. The number of rotatable bonds is 5. The van der Waals surface area contributed by atoms with E-state index in [0.29, 0.717) is 17.5 Å². The van der Waals surface area contributed by atoms with Crippen molar-refractivity contribution in [2.75, 3.05) is 0 Å². The molecule has 0 spiro atoms. The highest BCUT2D eigenvalue weighted by molar-refractivity contribution is 6.12. The Morgan fingerprint density at radius 1 is 0.386 bits per heavy atom. The Morgan fingerprint density at radius 2 is 0.982 bits per heavy atom. The smallest absolute Gasteiger partial charge is 0.164 e. The van der Waals surface area contributed by atoms with Gasteiger partial charge in [0.25, 0.3) is 0 Å². The summed E-state index contributed by atoms with van der Waals surface area (Å²) >= 11 is 0. The van der Waals surface area contributed by atoms with Gasteiger partial charge in [0.1, 0.15) is 11.2 Å². The molecule has 0 saturated carbocycles. The topological polar surface area (TPSA) is 56.7 Å². The van der Waals surface area contributed by atoms with E-state index in [1.807, 2.05) is 72.8 Å². The van der Waals surface area contributed by atoms with Gasteiger partial charge in [-0.25, -0.2) is 15.0 Å². The van der Waals surface area contributed by atoms with Crippen LogP contribution in [0.3, 0.4) is 0 Å². The number of furan rings is 1. The van der Waals surface area contributed by atoms with Crippen molar-refractivity contribution in [2.24, 2.45) is 0 Å². The summed E-state index contributed by atoms with van der Waals surface area (Å²) in [6.07, 6.45) is 0. The summed E-state index contributed by atoms with van der Waals surface area (Å²) in [4.78, 5) is 14.9. The highest BCUT2D eigenvalue weighted by Crippen LogP contribution is 2.51. The number of para-hydroxylation sites is 2. The fraction of sp³-hybridized carbons (Fsp3) is 0.0192. The maximum atomic E-state index is 6.21. The van der Waals surface area contributed by atoms with Gasteiger partial charge in [-0.05, 0) is 70.3 Å². The predicted molar refractivity (Wildman–Crippen MR) is 231 cm³/mol. The number of hydrogen-bond acceptors (Lipinski definition) is 4. The van der Waals surface area contributed by atoms with Gasteiger partial charge in [-0.3, -0.25) is 0 Å². The summed E-state index contributed by atoms with van der Waals surface area (Å²) in [5.41, 5.74) is 14.5. The highest BCUT2D eigenvalue weighted by atomic mass is 16.3. The van der Waals surface area contributed by atoms with Gasteiger partial charge in [0.05, 0.1) is 11.0 Å². The predicted octanol–water partition coefficient (Wildman–Crippen LogP) is 13.0. The van der Waals surface area contributed by atoms with E-state index in [1.165, 1.54) is 49.6 Å². The number of hydrogen-bond donors (Lipinski definition) is 0. The van der Waals surface area contributed by atoms with Crippen LogP contribution in [0.15, 0.2) is 192 Å². The van der Waals surface area contributed by atoms with E-state index in [0.717, 1.165) is 44.3 Å². The second kappa shape index (κ2) is 12.4. The molecule has 11 aromatic rings. The highest BCUT2D eigenvalue weighted by Gasteiger charge is 2.31. The van der Waals surface area contributed by atoms with Crippen LogP contribution in [0.5, 0.6) is 0 Å². The van der Waals surface area contributed by atoms with Crippen molar-refractivity contribution < 1.29 is 4.42 Å². The Balaban J connectivity index is 1.00. The van der Waals surface area contributed by atoms with Gasteiger partial charge >= 0.3 is 0 Å². The van der Waals surface area contributed by atoms with Gasteiger partial charge in [-0.2, -0.15) is 0 Å². The molecule has 1 unspecified atom stereocenters. The van der Waals surface area contributed by atoms with E-state index in [4.69, 9.17) is 19.4 Å². The second-order valence-electron chi connectivity index (χ2n) is 14.8. The van der Waals surface area contributed by atoms with Crippen LogP contribution in [0.1, 0.15) is 22.6 Å². The van der Waals surface area contributed by atoms with Crippen LogP contribution in [-0.4, -0.2) is 19.5 Å². The molecule has 8 aromatic carbocycles. The van der Waals surface area contributed by atoms with Gasteiger partial charge in [0.15, 0.2) is 17.5 Å². The maximum Gasteiger partial charge on any atom is 0.164 e. The van der Waals surface area contributed by atoms with Crippen molar-refractivity contribution in [3.8, 4) is 51.0 Å². The maximum absolute atomic E-state index is 6.21. The molecule has 12 rings (SSSR count). The lowest BCUT2D eigenvalue weighted by Gasteiger charge is -2.16. The number of benzene rings is 8. The van der Waals surface area contributed by atoms with Crippen LogP contribution >= 0.6 is 0 Å². The molecule has 0 fully saturated rings. The molecule has 1 aliphatic rings. The van der Waals surface area contributed by atoms with Gasteiger partial charge in [-0.15, -0.1) is 0 Å². The van der Waals surface area contributed by atoms with E-state index >= 15 is 0 Å². The van der Waals surface area contributed by atoms with Crippen molar-refractivity contribution >= 4 is 43.7 Å². The zero-order chi connectivity index (χ0) is 37.5. The Kier molecular flexibility index (Phi) is 6.92. The number of aromatic nitrogens is 4. The van der Waals surface area contributed by atoms with Crippen molar-refractivity contribution in [1.82, 2.24) is 19.5 Å². The first-order valence-electron chi connectivity index (χ1n) is 19.3. The molecule has 5 nitrogen and oxygen atoms in total. The molecule has 3 aromatic heterocycles. The molecule has 0 N–H and O–H groups in total. The van der Waals surface area contributed by atoms with Crippen LogP contribution in [0.2, 0.25) is 0 Å². The van der Waals surface area contributed by atoms with E-state index in [2.05, 4.69) is 120 Å². The normalized spacial score (nSPS) is 13.4. The molecule has 3 heterocycles. The first-order valence-corrected chi connectivity index (χ1v) is 19.3.